The van der Waals surface area contributed by atoms with E-state index >= 15 is 0 Å². The summed E-state index contributed by atoms with van der Waals surface area (Å²) < 4.78 is 4.76. The Labute approximate surface area is 101 Å². The minimum atomic E-state index is -1.05. The monoisotopic (exact) mass is 244 g/mol. The molecule has 0 fully saturated rings. The van der Waals surface area contributed by atoms with Crippen LogP contribution in [0.4, 0.5) is 0 Å². The van der Waals surface area contributed by atoms with Gasteiger partial charge >= 0.3 is 11.9 Å². The van der Waals surface area contributed by atoms with Crippen molar-refractivity contribution in [2.45, 2.75) is 44.7 Å². The molecule has 98 valence electrons. The third-order valence-corrected chi connectivity index (χ3v) is 2.17. The fourth-order valence-electron chi connectivity index (χ4n) is 1.10. The molecule has 2 unspecified atom stereocenters. The van der Waals surface area contributed by atoms with Gasteiger partial charge in [-0.1, -0.05) is 6.92 Å². The van der Waals surface area contributed by atoms with E-state index in [4.69, 9.17) is 21.3 Å². The summed E-state index contributed by atoms with van der Waals surface area (Å²) in [5, 5.41) is 8.54. The van der Waals surface area contributed by atoms with E-state index < -0.39 is 24.0 Å². The molecule has 0 aromatic carbocycles. The van der Waals surface area contributed by atoms with Gasteiger partial charge in [0, 0.05) is 0 Å². The van der Waals surface area contributed by atoms with Crippen LogP contribution in [0.5, 0.6) is 0 Å². The average molecular weight is 244 g/mol. The molecule has 0 aromatic rings. The Balaban J connectivity index is 3.78. The first-order valence-corrected chi connectivity index (χ1v) is 5.58. The molecule has 0 saturated carbocycles. The van der Waals surface area contributed by atoms with Gasteiger partial charge < -0.3 is 21.3 Å². The molecule has 0 aromatic heterocycles. The summed E-state index contributed by atoms with van der Waals surface area (Å²) in [4.78, 5) is 21.7. The van der Waals surface area contributed by atoms with E-state index in [9.17, 15) is 9.59 Å². The van der Waals surface area contributed by atoms with Crippen molar-refractivity contribution < 1.29 is 19.4 Å². The highest BCUT2D eigenvalue weighted by Gasteiger charge is 2.16. The summed E-state index contributed by atoms with van der Waals surface area (Å²) >= 11 is 0. The molecule has 5 N–H and O–H groups in total. The number of ether oxygens (including phenoxy) is 1. The summed E-state index contributed by atoms with van der Waals surface area (Å²) in [7, 11) is 0. The molecular formula is C11H20N2O4. The number of carbonyl (C=O) groups excluding carboxylic acids is 1. The summed E-state index contributed by atoms with van der Waals surface area (Å²) in [5.41, 5.74) is 10.9. The van der Waals surface area contributed by atoms with Crippen molar-refractivity contribution in [3.05, 3.63) is 12.3 Å². The third kappa shape index (κ3) is 7.48. The molecule has 6 nitrogen and oxygen atoms in total. The minimum absolute atomic E-state index is 0.293. The van der Waals surface area contributed by atoms with Gasteiger partial charge in [-0.3, -0.25) is 4.79 Å². The van der Waals surface area contributed by atoms with Gasteiger partial charge in [0.25, 0.3) is 0 Å². The second-order valence-electron chi connectivity index (χ2n) is 3.70. The summed E-state index contributed by atoms with van der Waals surface area (Å²) in [6.45, 7) is 1.91. The topological polar surface area (TPSA) is 116 Å². The SMILES string of the molecule is CC/C=C/OC(=O)C(N)CCCC(N)C(=O)O. The predicted octanol–water partition coefficient (Wildman–Crippen LogP) is 0.363. The molecule has 0 bridgehead atoms. The van der Waals surface area contributed by atoms with Crippen LogP contribution in [-0.4, -0.2) is 29.1 Å². The number of esters is 1. The first-order valence-electron chi connectivity index (χ1n) is 5.58. The zero-order valence-electron chi connectivity index (χ0n) is 9.96. The standard InChI is InChI=1S/C11H20N2O4/c1-2-3-7-17-11(16)9(13)6-4-5-8(12)10(14)15/h3,7-9H,2,4-6,12-13H2,1H3,(H,14,15)/b7-3+. The van der Waals surface area contributed by atoms with E-state index in [2.05, 4.69) is 0 Å². The van der Waals surface area contributed by atoms with Crippen molar-refractivity contribution in [3.8, 4) is 0 Å². The van der Waals surface area contributed by atoms with Crippen LogP contribution < -0.4 is 11.5 Å². The first-order chi connectivity index (χ1) is 7.99. The van der Waals surface area contributed by atoms with Crippen molar-refractivity contribution in [1.29, 1.82) is 0 Å². The van der Waals surface area contributed by atoms with Crippen molar-refractivity contribution in [2.24, 2.45) is 11.5 Å². The van der Waals surface area contributed by atoms with Gasteiger partial charge in [-0.15, -0.1) is 0 Å². The molecule has 2 atom stereocenters. The second-order valence-corrected chi connectivity index (χ2v) is 3.70. The molecule has 6 heteroatoms. The maximum absolute atomic E-state index is 11.3. The number of hydrogen-bond acceptors (Lipinski definition) is 5. The molecule has 0 amide bonds. The number of carbonyl (C=O) groups is 2. The molecular weight excluding hydrogens is 224 g/mol. The first kappa shape index (κ1) is 15.6. The zero-order chi connectivity index (χ0) is 13.3. The van der Waals surface area contributed by atoms with Gasteiger partial charge in [-0.2, -0.15) is 0 Å². The van der Waals surface area contributed by atoms with Crippen molar-refractivity contribution in [2.75, 3.05) is 0 Å². The number of rotatable bonds is 8. The molecule has 0 aliphatic carbocycles. The van der Waals surface area contributed by atoms with Crippen LogP contribution in [0.25, 0.3) is 0 Å². The Morgan fingerprint density at radius 2 is 1.88 bits per heavy atom. The van der Waals surface area contributed by atoms with Crippen LogP contribution in [0.3, 0.4) is 0 Å². The molecule has 0 aliphatic heterocycles. The fourth-order valence-corrected chi connectivity index (χ4v) is 1.10. The Morgan fingerprint density at radius 3 is 2.41 bits per heavy atom. The van der Waals surface area contributed by atoms with Gasteiger partial charge in [0.15, 0.2) is 0 Å². The molecule has 0 spiro atoms. The van der Waals surface area contributed by atoms with Crippen molar-refractivity contribution in [3.63, 3.8) is 0 Å². The van der Waals surface area contributed by atoms with E-state index in [0.717, 1.165) is 6.42 Å². The highest BCUT2D eigenvalue weighted by atomic mass is 16.5. The molecule has 0 saturated heterocycles. The average Bonchev–Trinajstić information content (AvgIpc) is 2.28. The van der Waals surface area contributed by atoms with Gasteiger partial charge in [0.05, 0.1) is 6.26 Å². The van der Waals surface area contributed by atoms with Crippen LogP contribution in [0.2, 0.25) is 0 Å². The van der Waals surface area contributed by atoms with Crippen LogP contribution in [0.15, 0.2) is 12.3 Å². The smallest absolute Gasteiger partial charge is 0.327 e. The van der Waals surface area contributed by atoms with Crippen molar-refractivity contribution in [1.82, 2.24) is 0 Å². The van der Waals surface area contributed by atoms with Gasteiger partial charge in [-0.05, 0) is 31.8 Å². The zero-order valence-corrected chi connectivity index (χ0v) is 9.96. The predicted molar refractivity (Wildman–Crippen MR) is 63.0 cm³/mol. The quantitative estimate of drug-likeness (QED) is 0.419. The molecule has 0 rings (SSSR count). The number of hydrogen-bond donors (Lipinski definition) is 3. The van der Waals surface area contributed by atoms with E-state index in [1.54, 1.807) is 6.08 Å². The summed E-state index contributed by atoms with van der Waals surface area (Å²) in [5.74, 6) is -1.56. The lowest BCUT2D eigenvalue weighted by Gasteiger charge is -2.10. The van der Waals surface area contributed by atoms with Crippen LogP contribution in [0.1, 0.15) is 32.6 Å². The Morgan fingerprint density at radius 1 is 1.29 bits per heavy atom. The number of nitrogens with two attached hydrogens (primary N) is 2. The highest BCUT2D eigenvalue weighted by Crippen LogP contribution is 2.03. The molecule has 17 heavy (non-hydrogen) atoms. The number of carboxylic acids is 1. The van der Waals surface area contributed by atoms with Crippen molar-refractivity contribution >= 4 is 11.9 Å². The molecule has 0 radical (unpaired) electrons. The Bertz CT molecular complexity index is 279. The number of allylic oxidation sites excluding steroid dienone is 1. The van der Waals surface area contributed by atoms with Crippen LogP contribution in [0, 0.1) is 0 Å². The lowest BCUT2D eigenvalue weighted by atomic mass is 10.1. The third-order valence-electron chi connectivity index (χ3n) is 2.17. The molecule has 0 heterocycles. The second kappa shape index (κ2) is 8.72. The van der Waals surface area contributed by atoms with E-state index in [1.807, 2.05) is 6.92 Å². The van der Waals surface area contributed by atoms with E-state index in [-0.39, 0.29) is 0 Å². The maximum Gasteiger partial charge on any atom is 0.327 e. The summed E-state index contributed by atoms with van der Waals surface area (Å²) in [6, 6.07) is -1.64. The van der Waals surface area contributed by atoms with Gasteiger partial charge in [-0.25, -0.2) is 4.79 Å². The Kier molecular flexibility index (Phi) is 8.00. The summed E-state index contributed by atoms with van der Waals surface area (Å²) in [6.07, 6.45) is 4.91. The van der Waals surface area contributed by atoms with Gasteiger partial charge in [0.2, 0.25) is 0 Å². The number of carboxylic acid groups (broad SMARTS) is 1. The minimum Gasteiger partial charge on any atom is -0.480 e. The van der Waals surface area contributed by atoms with Gasteiger partial charge in [0.1, 0.15) is 12.1 Å². The maximum atomic E-state index is 11.3. The highest BCUT2D eigenvalue weighted by molar-refractivity contribution is 5.76. The normalized spacial score (nSPS) is 14.5. The van der Waals surface area contributed by atoms with E-state index in [1.165, 1.54) is 6.26 Å². The molecule has 0 aliphatic rings. The lowest BCUT2D eigenvalue weighted by molar-refractivity contribution is -0.139. The van der Waals surface area contributed by atoms with Crippen LogP contribution in [-0.2, 0) is 14.3 Å². The Hall–Kier alpha value is -1.40. The largest absolute Gasteiger partial charge is 0.480 e. The van der Waals surface area contributed by atoms with E-state index in [0.29, 0.717) is 19.3 Å². The fraction of sp³-hybridized carbons (Fsp3) is 0.636. The lowest BCUT2D eigenvalue weighted by Crippen LogP contribution is -2.33. The van der Waals surface area contributed by atoms with Crippen LogP contribution >= 0.6 is 0 Å². The number of aliphatic carboxylic acids is 1.